The second kappa shape index (κ2) is 6.16. The number of carboxylic acids is 1. The topological polar surface area (TPSA) is 75.6 Å². The minimum atomic E-state index is -1.12. The van der Waals surface area contributed by atoms with Crippen LogP contribution in [-0.2, 0) is 4.79 Å². The van der Waals surface area contributed by atoms with Gasteiger partial charge in [-0.3, -0.25) is 4.79 Å². The highest BCUT2D eigenvalue weighted by Crippen LogP contribution is 2.23. The van der Waals surface area contributed by atoms with E-state index in [4.69, 9.17) is 9.84 Å². The molecule has 0 saturated carbocycles. The van der Waals surface area contributed by atoms with Gasteiger partial charge in [0, 0.05) is 6.07 Å². The van der Waals surface area contributed by atoms with Crippen LogP contribution in [0.25, 0.3) is 0 Å². The van der Waals surface area contributed by atoms with Gasteiger partial charge in [0.1, 0.15) is 16.6 Å². The molecule has 104 valence electrons. The second-order valence-corrected chi connectivity index (χ2v) is 4.68. The number of carboxylic acid groups (broad SMARTS) is 1. The molecule has 0 unspecified atom stereocenters. The number of aromatic carboxylic acids is 1. The number of rotatable bonds is 5. The molecule has 20 heavy (non-hydrogen) atoms. The predicted octanol–water partition coefficient (Wildman–Crippen LogP) is 2.60. The van der Waals surface area contributed by atoms with Gasteiger partial charge in [0.05, 0.1) is 5.56 Å². The van der Waals surface area contributed by atoms with Crippen LogP contribution >= 0.6 is 11.3 Å². The number of anilines is 1. The summed E-state index contributed by atoms with van der Waals surface area (Å²) in [4.78, 5) is 22.5. The average Bonchev–Trinajstić information content (AvgIpc) is 2.85. The molecule has 2 rings (SSSR count). The minimum absolute atomic E-state index is 0.0223. The van der Waals surface area contributed by atoms with Gasteiger partial charge in [0.25, 0.3) is 5.91 Å². The molecule has 0 aliphatic heterocycles. The van der Waals surface area contributed by atoms with E-state index in [1.165, 1.54) is 24.3 Å². The van der Waals surface area contributed by atoms with Crippen molar-refractivity contribution in [2.24, 2.45) is 0 Å². The summed E-state index contributed by atoms with van der Waals surface area (Å²) in [6.45, 7) is -0.333. The van der Waals surface area contributed by atoms with Crippen molar-refractivity contribution in [1.29, 1.82) is 0 Å². The molecule has 1 heterocycles. The highest BCUT2D eigenvalue weighted by atomic mass is 32.1. The summed E-state index contributed by atoms with van der Waals surface area (Å²) >= 11 is 1.10. The molecule has 1 amide bonds. The largest absolute Gasteiger partial charge is 0.484 e. The van der Waals surface area contributed by atoms with E-state index in [1.54, 1.807) is 5.38 Å². The number of nitrogens with one attached hydrogen (secondary N) is 1. The van der Waals surface area contributed by atoms with Gasteiger partial charge < -0.3 is 15.2 Å². The highest BCUT2D eigenvalue weighted by Gasteiger charge is 2.14. The predicted molar refractivity (Wildman–Crippen MR) is 71.8 cm³/mol. The fraction of sp³-hybridized carbons (Fsp3) is 0.0769. The molecule has 0 bridgehead atoms. The zero-order valence-corrected chi connectivity index (χ0v) is 10.9. The van der Waals surface area contributed by atoms with Gasteiger partial charge in [0.15, 0.2) is 6.61 Å². The second-order valence-electron chi connectivity index (χ2n) is 3.76. The summed E-state index contributed by atoms with van der Waals surface area (Å²) in [6.07, 6.45) is 0. The zero-order valence-electron chi connectivity index (χ0n) is 10.1. The normalized spacial score (nSPS) is 10.1. The van der Waals surface area contributed by atoms with Crippen LogP contribution in [0.15, 0.2) is 35.7 Å². The molecule has 0 fully saturated rings. The molecule has 0 saturated heterocycles. The zero-order chi connectivity index (χ0) is 14.5. The van der Waals surface area contributed by atoms with Gasteiger partial charge in [-0.15, -0.1) is 11.3 Å². The molecule has 0 aliphatic rings. The first-order valence-corrected chi connectivity index (χ1v) is 6.43. The van der Waals surface area contributed by atoms with Crippen molar-refractivity contribution in [1.82, 2.24) is 0 Å². The fourth-order valence-corrected chi connectivity index (χ4v) is 2.24. The van der Waals surface area contributed by atoms with Crippen molar-refractivity contribution in [3.05, 3.63) is 47.1 Å². The van der Waals surface area contributed by atoms with E-state index in [0.29, 0.717) is 0 Å². The van der Waals surface area contributed by atoms with Crippen LogP contribution in [0, 0.1) is 5.82 Å². The Morgan fingerprint density at radius 3 is 2.85 bits per heavy atom. The Balaban J connectivity index is 1.93. The molecule has 2 N–H and O–H groups in total. The number of halogens is 1. The van der Waals surface area contributed by atoms with E-state index >= 15 is 0 Å². The molecule has 1 aromatic heterocycles. The number of amides is 1. The van der Waals surface area contributed by atoms with Crippen molar-refractivity contribution in [3.8, 4) is 5.75 Å². The lowest BCUT2D eigenvalue weighted by molar-refractivity contribution is -0.118. The number of hydrogen-bond acceptors (Lipinski definition) is 4. The van der Waals surface area contributed by atoms with E-state index in [0.717, 1.165) is 17.4 Å². The number of thiophene rings is 1. The Labute approximate surface area is 117 Å². The third kappa shape index (κ3) is 3.55. The monoisotopic (exact) mass is 295 g/mol. The van der Waals surface area contributed by atoms with Crippen LogP contribution in [0.3, 0.4) is 0 Å². The fourth-order valence-electron chi connectivity index (χ4n) is 1.44. The van der Waals surface area contributed by atoms with Gasteiger partial charge in [-0.05, 0) is 23.6 Å². The van der Waals surface area contributed by atoms with E-state index in [1.807, 2.05) is 0 Å². The number of ether oxygens (including phenoxy) is 1. The summed E-state index contributed by atoms with van der Waals surface area (Å²) in [6, 6.07) is 6.80. The molecule has 1 aromatic carbocycles. The minimum Gasteiger partial charge on any atom is -0.484 e. The van der Waals surface area contributed by atoms with Crippen LogP contribution in [-0.4, -0.2) is 23.6 Å². The number of hydrogen-bond donors (Lipinski definition) is 2. The number of carbonyl (C=O) groups excluding carboxylic acids is 1. The van der Waals surface area contributed by atoms with Gasteiger partial charge >= 0.3 is 5.97 Å². The van der Waals surface area contributed by atoms with Crippen LogP contribution in [0.5, 0.6) is 5.75 Å². The molecule has 2 aromatic rings. The Hall–Kier alpha value is -2.41. The van der Waals surface area contributed by atoms with E-state index < -0.39 is 17.7 Å². The summed E-state index contributed by atoms with van der Waals surface area (Å²) in [7, 11) is 0. The number of carbonyl (C=O) groups is 2. The van der Waals surface area contributed by atoms with Crippen molar-refractivity contribution in [3.63, 3.8) is 0 Å². The SMILES string of the molecule is O=C(COc1cccc(F)c1)Nc1sccc1C(=O)O. The molecule has 0 atom stereocenters. The first-order valence-electron chi connectivity index (χ1n) is 5.55. The van der Waals surface area contributed by atoms with Crippen molar-refractivity contribution < 1.29 is 23.8 Å². The van der Waals surface area contributed by atoms with Crippen LogP contribution in [0.2, 0.25) is 0 Å². The maximum Gasteiger partial charge on any atom is 0.338 e. The van der Waals surface area contributed by atoms with E-state index in [2.05, 4.69) is 5.32 Å². The van der Waals surface area contributed by atoms with Gasteiger partial charge in [-0.25, -0.2) is 9.18 Å². The molecular weight excluding hydrogens is 285 g/mol. The lowest BCUT2D eigenvalue weighted by Crippen LogP contribution is -2.20. The third-order valence-corrected chi connectivity index (χ3v) is 3.14. The molecule has 5 nitrogen and oxygen atoms in total. The molecular formula is C13H10FNO4S. The maximum atomic E-state index is 12.9. The average molecular weight is 295 g/mol. The summed E-state index contributed by atoms with van der Waals surface area (Å²) in [5, 5.41) is 13.1. The van der Waals surface area contributed by atoms with E-state index in [-0.39, 0.29) is 22.9 Å². The van der Waals surface area contributed by atoms with Crippen molar-refractivity contribution >= 4 is 28.2 Å². The third-order valence-electron chi connectivity index (χ3n) is 2.31. The smallest absolute Gasteiger partial charge is 0.338 e. The Morgan fingerprint density at radius 2 is 2.15 bits per heavy atom. The van der Waals surface area contributed by atoms with Crippen molar-refractivity contribution in [2.45, 2.75) is 0 Å². The summed E-state index contributed by atoms with van der Waals surface area (Å²) in [5.74, 6) is -1.87. The van der Waals surface area contributed by atoms with Gasteiger partial charge in [0.2, 0.25) is 0 Å². The van der Waals surface area contributed by atoms with E-state index in [9.17, 15) is 14.0 Å². The maximum absolute atomic E-state index is 12.9. The van der Waals surface area contributed by atoms with Crippen molar-refractivity contribution in [2.75, 3.05) is 11.9 Å². The van der Waals surface area contributed by atoms with Crippen LogP contribution in [0.1, 0.15) is 10.4 Å². The van der Waals surface area contributed by atoms with Gasteiger partial charge in [-0.2, -0.15) is 0 Å². The lowest BCUT2D eigenvalue weighted by Gasteiger charge is -2.07. The Morgan fingerprint density at radius 1 is 1.35 bits per heavy atom. The quantitative estimate of drug-likeness (QED) is 0.889. The Bertz CT molecular complexity index is 641. The highest BCUT2D eigenvalue weighted by molar-refractivity contribution is 7.14. The number of benzene rings is 1. The standard InChI is InChI=1S/C13H10FNO4S/c14-8-2-1-3-9(6-8)19-7-11(16)15-12-10(13(17)18)4-5-20-12/h1-6H,7H2,(H,15,16)(H,17,18). The molecule has 7 heteroatoms. The van der Waals surface area contributed by atoms with Crippen LogP contribution in [0.4, 0.5) is 9.39 Å². The molecule has 0 radical (unpaired) electrons. The first kappa shape index (κ1) is 14.0. The van der Waals surface area contributed by atoms with Crippen LogP contribution < -0.4 is 10.1 Å². The summed E-state index contributed by atoms with van der Waals surface area (Å²) in [5.41, 5.74) is 0.0223. The first-order chi connectivity index (χ1) is 9.56. The summed E-state index contributed by atoms with van der Waals surface area (Å²) < 4.78 is 18.0. The van der Waals surface area contributed by atoms with Gasteiger partial charge in [-0.1, -0.05) is 6.07 Å². The Kier molecular flexibility index (Phi) is 4.31. The molecule has 0 aliphatic carbocycles. The molecule has 0 spiro atoms. The lowest BCUT2D eigenvalue weighted by atomic mass is 10.3.